The molecule has 0 aromatic heterocycles. The molecule has 0 aliphatic heterocycles. The van der Waals surface area contributed by atoms with Gasteiger partial charge in [-0.1, -0.05) is 0 Å². The van der Waals surface area contributed by atoms with E-state index in [0.29, 0.717) is 0 Å². The second-order valence-corrected chi connectivity index (χ2v) is 14.5. The maximum atomic E-state index is 6.75. The average Bonchev–Trinajstić information content (AvgIpc) is 1.27. The number of nitrogens with zero attached hydrogens (tertiary/aromatic N) is 3. The minimum Gasteiger partial charge on any atom is -0.373 e. The number of halogens is 4. The molecule has 0 rings (SSSR count). The van der Waals surface area contributed by atoms with Gasteiger partial charge in [-0.3, -0.25) is 4.91 Å². The van der Waals surface area contributed by atoms with Crippen molar-refractivity contribution in [2.24, 2.45) is 0 Å². The van der Waals surface area contributed by atoms with Gasteiger partial charge < -0.3 is 11.1 Å². The molecule has 0 fully saturated rings. The zero-order valence-electron chi connectivity index (χ0n) is 3.17. The molecule has 0 aliphatic rings. The van der Waals surface area contributed by atoms with Gasteiger partial charge in [0.2, 0.25) is 0 Å². The van der Waals surface area contributed by atoms with Crippen LogP contribution in [0.4, 0.5) is 0 Å². The summed E-state index contributed by atoms with van der Waals surface area (Å²) in [5.41, 5.74) is 13.5. The minimum absolute atomic E-state index is 1.50. The van der Waals surface area contributed by atoms with E-state index in [1.54, 1.807) is 0 Å². The van der Waals surface area contributed by atoms with Crippen LogP contribution in [0.25, 0.3) is 16.0 Å². The van der Waals surface area contributed by atoms with Crippen LogP contribution < -0.4 is 0 Å². The normalized spacial score (nSPS) is 10.5. The summed E-state index contributed by atoms with van der Waals surface area (Å²) >= 11 is -2.81. The van der Waals surface area contributed by atoms with Gasteiger partial charge in [-0.25, -0.2) is 0 Å². The first-order chi connectivity index (χ1) is 3.41. The van der Waals surface area contributed by atoms with Crippen LogP contribution >= 0.6 is 38.1 Å². The Morgan fingerprint density at radius 1 is 1.00 bits per heavy atom. The van der Waals surface area contributed by atoms with Gasteiger partial charge in [0.15, 0.2) is 0 Å². The standard InChI is InChI=1S/4ClH.N3.Pd/c;;;;1-3-2;/h4*1H;;/q;;;;-1;+5/p-4. The van der Waals surface area contributed by atoms with Crippen molar-refractivity contribution in [1.82, 2.24) is 0 Å². The van der Waals surface area contributed by atoms with Crippen LogP contribution in [0, 0.1) is 0 Å². The fourth-order valence-corrected chi connectivity index (χ4v) is 0. The first-order valence-electron chi connectivity index (χ1n) is 0.878. The third-order valence-electron chi connectivity index (χ3n) is 0. The molecule has 0 unspecified atom stereocenters. The SMILES string of the molecule is [Cl][Pd+]([Cl])([Cl])[Cl].[N-]=[N+]=[N-]. The van der Waals surface area contributed by atoms with Gasteiger partial charge in [-0.2, -0.15) is 0 Å². The zero-order valence-corrected chi connectivity index (χ0v) is 7.75. The van der Waals surface area contributed by atoms with E-state index in [1.165, 1.54) is 4.91 Å². The summed E-state index contributed by atoms with van der Waals surface area (Å²) in [6.07, 6.45) is 0. The maximum absolute atomic E-state index is 6.75. The van der Waals surface area contributed by atoms with Crippen LogP contribution in [0.1, 0.15) is 0 Å². The molecular formula is Cl4N3Pd. The third kappa shape index (κ3) is 209. The molecule has 0 aliphatic carbocycles. The van der Waals surface area contributed by atoms with E-state index < -0.39 is 11.5 Å². The molecule has 0 spiro atoms. The summed E-state index contributed by atoms with van der Waals surface area (Å²) in [4.78, 5) is 1.50. The van der Waals surface area contributed by atoms with Crippen molar-refractivity contribution < 1.29 is 11.5 Å². The molecule has 3 nitrogen and oxygen atoms in total. The molecule has 0 aromatic carbocycles. The van der Waals surface area contributed by atoms with Crippen LogP contribution in [0.3, 0.4) is 0 Å². The smallest absolute Gasteiger partial charge is 0.255 e. The van der Waals surface area contributed by atoms with E-state index in [9.17, 15) is 0 Å². The molecular weight excluding hydrogens is 290 g/mol. The van der Waals surface area contributed by atoms with Gasteiger partial charge in [-0.05, 0) is 0 Å². The molecule has 0 aromatic rings. The number of hydrogen-bond donors (Lipinski definition) is 0. The fraction of sp³-hybridized carbons (Fsp3) is 0. The van der Waals surface area contributed by atoms with Crippen molar-refractivity contribution in [3.8, 4) is 0 Å². The van der Waals surface area contributed by atoms with E-state index in [-0.39, 0.29) is 0 Å². The molecule has 8 heavy (non-hydrogen) atoms. The van der Waals surface area contributed by atoms with Crippen molar-refractivity contribution in [3.05, 3.63) is 16.0 Å². The second-order valence-electron chi connectivity index (χ2n) is 0.360. The second kappa shape index (κ2) is 6.26. The fourth-order valence-electron chi connectivity index (χ4n) is 0. The Bertz CT molecular complexity index is 71.8. The molecule has 0 amide bonds. The van der Waals surface area contributed by atoms with Gasteiger partial charge >= 0.3 is 49.6 Å². The van der Waals surface area contributed by atoms with Gasteiger partial charge in [-0.15, -0.1) is 0 Å². The number of hydrogen-bond acceptors (Lipinski definition) is 0. The summed E-state index contributed by atoms with van der Waals surface area (Å²) in [6.45, 7) is 0. The molecule has 53 valence electrons. The van der Waals surface area contributed by atoms with Crippen molar-refractivity contribution in [3.63, 3.8) is 0 Å². The van der Waals surface area contributed by atoms with Gasteiger partial charge in [0.25, 0.3) is 0 Å². The average molecular weight is 290 g/mol. The first kappa shape index (κ1) is 11.9. The molecule has 0 N–H and O–H groups in total. The summed E-state index contributed by atoms with van der Waals surface area (Å²) in [6, 6.07) is 0. The monoisotopic (exact) mass is 288 g/mol. The van der Waals surface area contributed by atoms with Gasteiger partial charge in [0, 0.05) is 0 Å². The minimum atomic E-state index is -2.81. The largest absolute Gasteiger partial charge is 0.373 e. The molecule has 8 heteroatoms. The van der Waals surface area contributed by atoms with Gasteiger partial charge in [0.1, 0.15) is 0 Å². The van der Waals surface area contributed by atoms with Crippen molar-refractivity contribution in [2.45, 2.75) is 0 Å². The first-order valence-corrected chi connectivity index (χ1v) is 8.89. The van der Waals surface area contributed by atoms with Gasteiger partial charge in [0.05, 0.1) is 0 Å². The molecule has 0 bridgehead atoms. The van der Waals surface area contributed by atoms with E-state index in [0.717, 1.165) is 0 Å². The zero-order chi connectivity index (χ0) is 7.21. The van der Waals surface area contributed by atoms with E-state index in [2.05, 4.69) is 0 Å². The van der Waals surface area contributed by atoms with Crippen LogP contribution in [0.2, 0.25) is 0 Å². The predicted molar refractivity (Wildman–Crippen MR) is 33.5 cm³/mol. The third-order valence-corrected chi connectivity index (χ3v) is 0. The van der Waals surface area contributed by atoms with Crippen LogP contribution in [-0.4, -0.2) is 0 Å². The number of rotatable bonds is 0. The summed E-state index contributed by atoms with van der Waals surface area (Å²) in [5.74, 6) is 0. The van der Waals surface area contributed by atoms with E-state index in [1.807, 2.05) is 0 Å². The molecule has 0 radical (unpaired) electrons. The summed E-state index contributed by atoms with van der Waals surface area (Å²) in [5, 5.41) is 0. The summed E-state index contributed by atoms with van der Waals surface area (Å²) in [7, 11) is 19.9. The Balaban J connectivity index is 0. The Hall–Kier alpha value is 1.13. The Morgan fingerprint density at radius 2 is 1.00 bits per heavy atom. The quantitative estimate of drug-likeness (QED) is 0.283. The van der Waals surface area contributed by atoms with E-state index >= 15 is 0 Å². The Morgan fingerprint density at radius 3 is 1.00 bits per heavy atom. The predicted octanol–water partition coefficient (Wildman–Crippen LogP) is 3.62. The molecule has 0 saturated carbocycles. The van der Waals surface area contributed by atoms with Crippen molar-refractivity contribution in [2.75, 3.05) is 0 Å². The molecule has 0 heterocycles. The summed E-state index contributed by atoms with van der Waals surface area (Å²) < 4.78 is 0. The van der Waals surface area contributed by atoms with Crippen LogP contribution in [0.5, 0.6) is 0 Å². The van der Waals surface area contributed by atoms with Crippen LogP contribution in [-0.2, 0) is 11.5 Å². The topological polar surface area (TPSA) is 58.7 Å². The van der Waals surface area contributed by atoms with Crippen molar-refractivity contribution >= 4 is 38.1 Å². The Labute approximate surface area is 65.2 Å². The maximum Gasteiger partial charge on any atom is -0.255 e. The Kier molecular flexibility index (Phi) is 9.28. The van der Waals surface area contributed by atoms with Crippen molar-refractivity contribution in [1.29, 1.82) is 0 Å². The van der Waals surface area contributed by atoms with Crippen LogP contribution in [0.15, 0.2) is 0 Å². The van der Waals surface area contributed by atoms with E-state index in [4.69, 9.17) is 49.2 Å². The molecule has 0 atom stereocenters. The molecule has 0 saturated heterocycles.